The Morgan fingerprint density at radius 3 is 1.19 bits per heavy atom. The van der Waals surface area contributed by atoms with E-state index in [4.69, 9.17) is 105 Å². The number of nitrogens with one attached hydrogen (secondary N) is 4. The number of ether oxygens (including phenoxy) is 21. The molecule has 29 atom stereocenters. The van der Waals surface area contributed by atoms with Gasteiger partial charge in [-0.2, -0.15) is 11.8 Å². The first-order valence-electron chi connectivity index (χ1n) is 37.8. The van der Waals surface area contributed by atoms with Gasteiger partial charge in [-0.15, -0.1) is 0 Å². The summed E-state index contributed by atoms with van der Waals surface area (Å²) < 4.78 is 367. The largest absolute Gasteiger partial charge is 1.00 e. The van der Waals surface area contributed by atoms with Crippen molar-refractivity contribution >= 4 is 104 Å². The third-order valence-electron chi connectivity index (χ3n) is 19.9. The molecule has 57 nitrogen and oxygen atoms in total. The summed E-state index contributed by atoms with van der Waals surface area (Å²) in [5.74, 6) is -4.35. The zero-order chi connectivity index (χ0) is 93.4. The summed E-state index contributed by atoms with van der Waals surface area (Å²) in [5, 5.41) is 38.5. The molecule has 0 bridgehead atoms. The maximum Gasteiger partial charge on any atom is 1.00 e. The zero-order valence-corrected chi connectivity index (χ0v) is 97.8. The average Bonchev–Trinajstić information content (AvgIpc) is 1.09. The molecule has 7 fully saturated rings. The van der Waals surface area contributed by atoms with Crippen LogP contribution in [0.4, 0.5) is 4.79 Å². The van der Waals surface area contributed by atoms with Crippen molar-refractivity contribution in [3.8, 4) is 0 Å². The van der Waals surface area contributed by atoms with Gasteiger partial charge >= 0.3 is 242 Å². The summed E-state index contributed by atoms with van der Waals surface area (Å²) in [6, 6.07) is -0.675. The van der Waals surface area contributed by atoms with E-state index in [1.165, 1.54) is 0 Å². The molecule has 7 rings (SSSR count). The predicted octanol–water partition coefficient (Wildman–Crippen LogP) is -35.7. The molecule has 7 saturated heterocycles. The Bertz CT molecular complexity index is 4200. The van der Waals surface area contributed by atoms with Crippen LogP contribution < -0.4 is 274 Å². The van der Waals surface area contributed by atoms with Gasteiger partial charge in [-0.25, -0.2) is 55.3 Å². The molecule has 0 aromatic heterocycles. The van der Waals surface area contributed by atoms with Crippen molar-refractivity contribution in [1.29, 1.82) is 0 Å². The van der Waals surface area contributed by atoms with Gasteiger partial charge in [0.2, 0.25) is 74.2 Å². The van der Waals surface area contributed by atoms with Crippen LogP contribution in [0.3, 0.4) is 0 Å². The number of carbonyl (C=O) groups excluding carboxylic acids is 5. The minimum atomic E-state index is -6.51. The third-order valence-corrected chi connectivity index (χ3v) is 24.0. The fourth-order valence-corrected chi connectivity index (χ4v) is 18.4. The number of carbonyl (C=O) groups is 5. The molecule has 72 heteroatoms. The molecular weight excluding hydrogens is 2060 g/mol. The van der Waals surface area contributed by atoms with E-state index < -0.39 is 254 Å². The molecule has 7 heterocycles. The van der Waals surface area contributed by atoms with Crippen LogP contribution in [0.5, 0.6) is 0 Å². The predicted molar refractivity (Wildman–Crippen MR) is 390 cm³/mol. The standard InChI is InChI=1S/C62H107N5O52S7.8Na/c1-93-40-37(104-24-23-103-22-21-102-20-19-101-18-17-65-54(69)29(63)13-11-12-16-64-35(68)15-10-9-14-34-36-30(28-120-34)66-62(74)67-36)31(25-105-121(75,76)77)109-58(49(40)97-5)113-44-42(95-3)51(99-7)60(116-47(44)55(70)71)112-39-33(27-107-123(81,82)83)110-61(53(119-126(90,91)92)46(39)117-124(84,85)86)114-45-43(96-4)50(98-6)59(115-48(45)56(72)73)111-38-32(26-106-122(78,79)80)108-57(100-8)52(41(38)94-2)118-125(87,88)89;;;;;;;;/h29-34,36-53,57-61H,9-28,63H2,1-8H3,(H,64,68)(H,65,69)(H,70,71)(H,72,73)(H2,66,67,74)(H,75,76,77)(H,78,79,80)(H,81,82,83)(H,84,85,86)(H,87,88,89)(H,90,91,92);;;;;;;;/q;8*+1/p-8/t29-,30-,31+,32+,33+,34-,36-,37+,38+,39+,40-,41-,42-,43-,44-,45-,46-,47-,48+,49+,50+,51+,52+,53+,57-,58+,59+,60+,61+;;;;;;;;/m0......../s1/i11+1,12+1,13+1,16+1,29+1,54+1,63+1,64+1;;;;;;;;. The van der Waals surface area contributed by atoms with Gasteiger partial charge in [-0.05, 0) is 32.1 Å². The molecule has 0 aromatic carbocycles. The smallest absolute Gasteiger partial charge is 0.726 e. The van der Waals surface area contributed by atoms with E-state index in [1.54, 1.807) is 0 Å². The van der Waals surface area contributed by atoms with E-state index in [-0.39, 0.29) is 319 Å². The van der Waals surface area contributed by atoms with Gasteiger partial charge < -0.3 is 174 Å². The molecule has 134 heavy (non-hydrogen) atoms. The summed E-state index contributed by atoms with van der Waals surface area (Å²) in [4.78, 5) is 63.2. The Morgan fingerprint density at radius 1 is 0.410 bits per heavy atom. The van der Waals surface area contributed by atoms with Gasteiger partial charge in [0.15, 0.2) is 43.7 Å². The van der Waals surface area contributed by atoms with Gasteiger partial charge in [-0.1, -0.05) is 6.42 Å². The Morgan fingerprint density at radius 2 is 0.776 bits per heavy atom. The number of rotatable bonds is 57. The molecule has 0 radical (unpaired) electrons. The molecule has 0 aromatic rings. The van der Waals surface area contributed by atoms with Crippen molar-refractivity contribution in [2.24, 2.45) is 5.73 Å². The maximum atomic E-state index is 13.4. The average molecular weight is 2160 g/mol. The van der Waals surface area contributed by atoms with Crippen LogP contribution in [0.25, 0.3) is 0 Å². The second-order valence-corrected chi connectivity index (χ2v) is 35.4. The maximum absolute atomic E-state index is 13.4. The number of carboxylic acid groups (broad SMARTS) is 2. The summed E-state index contributed by atoms with van der Waals surface area (Å²) >= 11 is 1.82. The number of nitrogens with two attached hydrogens (primary N) is 1. The van der Waals surface area contributed by atoms with Crippen LogP contribution in [0.15, 0.2) is 0 Å². The van der Waals surface area contributed by atoms with Crippen molar-refractivity contribution in [3.05, 3.63) is 0 Å². The quantitative estimate of drug-likeness (QED) is 0.00718. The van der Waals surface area contributed by atoms with Crippen LogP contribution in [0, 0.1) is 0 Å². The molecule has 6 N–H and O–H groups in total. The molecule has 4 amide bonds. The second kappa shape index (κ2) is 67.2. The number of hydrogen-bond acceptors (Lipinski definition) is 54. The first kappa shape index (κ1) is 140. The first-order chi connectivity index (χ1) is 59.2. The van der Waals surface area contributed by atoms with Gasteiger partial charge in [0.05, 0.1) is 96.1 Å². The van der Waals surface area contributed by atoms with Crippen LogP contribution in [-0.2, 0) is 206 Å². The minimum absolute atomic E-state index is 0. The molecule has 0 aliphatic carbocycles. The molecule has 7 aliphatic rings. The van der Waals surface area contributed by atoms with Crippen molar-refractivity contribution < 1.29 is 473 Å². The van der Waals surface area contributed by atoms with Crippen molar-refractivity contribution in [3.63, 3.8) is 0 Å². The Balaban J connectivity index is 0. The van der Waals surface area contributed by atoms with Crippen molar-refractivity contribution in [1.82, 2.24) is 21.3 Å². The molecular formula is C62H99N5Na8O52S7. The fourth-order valence-electron chi connectivity index (χ4n) is 14.5. The van der Waals surface area contributed by atoms with Gasteiger partial charge in [0.1, 0.15) is 110 Å². The minimum Gasteiger partial charge on any atom is -0.726 e. The number of amides is 4. The topological polar surface area (TPSA) is 798 Å². The zero-order valence-electron chi connectivity index (χ0n) is 76.0. The van der Waals surface area contributed by atoms with E-state index in [0.717, 1.165) is 81.9 Å². The number of unbranched alkanes of at least 4 members (excludes halogenated alkanes) is 2. The van der Waals surface area contributed by atoms with Gasteiger partial charge in [0.25, 0.3) is 0 Å². The van der Waals surface area contributed by atoms with Gasteiger partial charge in [-0.3, -0.25) is 34.7 Å². The Labute approximate surface area is 954 Å². The van der Waals surface area contributed by atoms with E-state index in [0.29, 0.717) is 37.5 Å². The molecule has 7 aliphatic heterocycles. The normalized spacial score (nSPS) is 31.8. The van der Waals surface area contributed by atoms with E-state index in [2.05, 4.69) is 46.4 Å². The molecule has 0 unspecified atom stereocenters. The number of hydrogen-bond donors (Lipinski definition) is 5. The van der Waals surface area contributed by atoms with Crippen LogP contribution >= 0.6 is 11.8 Å². The van der Waals surface area contributed by atoms with Crippen molar-refractivity contribution in [2.45, 2.75) is 222 Å². The summed E-state index contributed by atoms with van der Waals surface area (Å²) in [6.07, 6.45) is -54.0. The van der Waals surface area contributed by atoms with Crippen molar-refractivity contribution in [2.75, 3.05) is 142 Å². The van der Waals surface area contributed by atoms with E-state index in [9.17, 15) is 112 Å². The number of carboxylic acids is 2. The number of fused-ring (bicyclic) bond motifs is 1. The summed E-state index contributed by atoms with van der Waals surface area (Å²) in [7, 11) is -29.1. The fraction of sp³-hybridized carbons (Fsp3) is 0.919. The monoisotopic (exact) mass is 2160 g/mol. The number of urea groups is 1. The van der Waals surface area contributed by atoms with Crippen LogP contribution in [-0.4, -0.2) is 426 Å². The van der Waals surface area contributed by atoms with Gasteiger partial charge in [0, 0.05) is 87.4 Å². The third kappa shape index (κ3) is 45.6. The number of methoxy groups -OCH3 is 8. The first-order valence-corrected chi connectivity index (χ1v) is 46.8. The molecule has 734 valence electrons. The summed E-state index contributed by atoms with van der Waals surface area (Å²) in [5.41, 5.74) is 6.06. The Hall–Kier alpha value is 3.84. The Kier molecular flexibility index (Phi) is 70.1. The van der Waals surface area contributed by atoms with Crippen LogP contribution in [0.1, 0.15) is 44.9 Å². The number of aliphatic carboxylic acids is 2. The molecule has 0 saturated carbocycles. The number of thioether (sulfide) groups is 1. The van der Waals surface area contributed by atoms with E-state index >= 15 is 0 Å². The van der Waals surface area contributed by atoms with E-state index in [1.807, 2.05) is 11.8 Å². The van der Waals surface area contributed by atoms with Crippen LogP contribution in [0.2, 0.25) is 0 Å². The summed E-state index contributed by atoms with van der Waals surface area (Å²) in [6.45, 7) is -4.14. The molecule has 0 spiro atoms. The SMILES string of the molecule is CO[C@H]1O[C@H](COS(=O)(=O)[O-])[C@@H](O[C@@H]2O[C@@H](C(=O)[O-])[C@@H](O[C@H]3O[C@H](COS(=O)(=O)[O-])[C@@H](O[C@@H]4O[C@H](C(=O)[O-])[C@@H](O[C@H]5O[C@H](COS(=O)(=O)[O-])[C@@H](OCCOCCOCCOCCN[13C](=O)[13C@@H]([15NH2])[13CH2][13CH2][13CH2][13CH2][15NH]C(=O)CCCC[C@@H]6SC[C@@H]7NC(=O)N[C@@H]76)[C@H](OC)[C@H]5OC)[C@H](OC)[C@H]4OC)[C@H](OS(=O)(=O)[O-])[C@H]3OS(=O)(=O)[O-])[C@H](OC)[C@H]2OC)[C@H](OC)[C@H]1OS(=O)(=O)[O-].[Na+].[Na+].[Na+].[Na+].[Na+].[Na+].[Na+].[Na+]. The second-order valence-electron chi connectivity index (χ2n) is 27.9.